The molecule has 0 bridgehead atoms. The number of carbonyl (C=O) groups excluding carboxylic acids is 2. The first-order chi connectivity index (χ1) is 13.8. The fourth-order valence-corrected chi connectivity index (χ4v) is 3.66. The van der Waals surface area contributed by atoms with Gasteiger partial charge in [-0.3, -0.25) is 9.79 Å². The monoisotopic (exact) mass is 426 g/mol. The maximum Gasteiger partial charge on any atom is 0.241 e. The van der Waals surface area contributed by atoms with Crippen LogP contribution in [0.5, 0.6) is 0 Å². The summed E-state index contributed by atoms with van der Waals surface area (Å²) in [7, 11) is -2.22. The summed E-state index contributed by atoms with van der Waals surface area (Å²) in [4.78, 5) is 26.2. The smallest absolute Gasteiger partial charge is 0.241 e. The molecule has 1 rings (SSSR count). The number of nitrogens with one attached hydrogen (secondary N) is 3. The van der Waals surface area contributed by atoms with E-state index in [9.17, 15) is 18.0 Å². The number of aldehydes is 1. The van der Waals surface area contributed by atoms with Gasteiger partial charge in [-0.1, -0.05) is 0 Å². The zero-order chi connectivity index (χ0) is 21.7. The van der Waals surface area contributed by atoms with E-state index in [1.54, 1.807) is 19.2 Å². The molecule has 10 nitrogen and oxygen atoms in total. The summed E-state index contributed by atoms with van der Waals surface area (Å²) in [5.74, 6) is -0.0367. The Bertz CT molecular complexity index is 776. The highest BCUT2D eigenvalue weighted by molar-refractivity contribution is 7.89. The van der Waals surface area contributed by atoms with E-state index in [-0.39, 0.29) is 23.2 Å². The number of sulfonamides is 1. The number of rotatable bonds is 14. The number of aliphatic imine (C=N–C) groups is 1. The molecular formula is C18H30N6O4S. The first kappa shape index (κ1) is 24.4. The third kappa shape index (κ3) is 9.90. The Morgan fingerprint density at radius 1 is 1.17 bits per heavy atom. The molecule has 7 N–H and O–H groups in total. The summed E-state index contributed by atoms with van der Waals surface area (Å²) in [6.07, 6.45) is 3.36. The van der Waals surface area contributed by atoms with Crippen molar-refractivity contribution in [1.29, 1.82) is 0 Å². The summed E-state index contributed by atoms with van der Waals surface area (Å²) in [5, 5.41) is 5.74. The van der Waals surface area contributed by atoms with Crippen molar-refractivity contribution in [2.75, 3.05) is 25.5 Å². The van der Waals surface area contributed by atoms with Crippen LogP contribution >= 0.6 is 0 Å². The molecule has 0 unspecified atom stereocenters. The number of anilines is 1. The highest BCUT2D eigenvalue weighted by atomic mass is 32.2. The van der Waals surface area contributed by atoms with Gasteiger partial charge in [0.15, 0.2) is 5.96 Å². The molecule has 0 aromatic heterocycles. The molecule has 0 aliphatic heterocycles. The van der Waals surface area contributed by atoms with E-state index in [2.05, 4.69) is 20.3 Å². The number of unbranched alkanes of at least 4 members (excludes halogenated alkanes) is 1. The molecule has 0 saturated heterocycles. The predicted molar refractivity (Wildman–Crippen MR) is 113 cm³/mol. The van der Waals surface area contributed by atoms with Crippen LogP contribution in [0.3, 0.4) is 0 Å². The molecule has 0 aliphatic carbocycles. The minimum atomic E-state index is -3.82. The molecule has 0 spiro atoms. The van der Waals surface area contributed by atoms with Crippen LogP contribution in [0.2, 0.25) is 0 Å². The summed E-state index contributed by atoms with van der Waals surface area (Å²) >= 11 is 0. The molecule has 1 amide bonds. The highest BCUT2D eigenvalue weighted by Crippen LogP contribution is 2.15. The lowest BCUT2D eigenvalue weighted by atomic mass is 10.2. The van der Waals surface area contributed by atoms with Gasteiger partial charge in [0.05, 0.1) is 10.9 Å². The molecular weight excluding hydrogens is 396 g/mol. The fraction of sp³-hybridized carbons (Fsp3) is 0.500. The van der Waals surface area contributed by atoms with E-state index in [0.717, 1.165) is 18.5 Å². The van der Waals surface area contributed by atoms with Crippen molar-refractivity contribution >= 4 is 33.9 Å². The topological polar surface area (TPSA) is 169 Å². The van der Waals surface area contributed by atoms with Crippen molar-refractivity contribution in [1.82, 2.24) is 10.0 Å². The zero-order valence-electron chi connectivity index (χ0n) is 16.6. The number of carbonyl (C=O) groups is 2. The average molecular weight is 427 g/mol. The van der Waals surface area contributed by atoms with Gasteiger partial charge in [0, 0.05) is 32.2 Å². The minimum absolute atomic E-state index is 0.0110. The lowest BCUT2D eigenvalue weighted by Gasteiger charge is -2.13. The van der Waals surface area contributed by atoms with Crippen LogP contribution in [-0.2, 0) is 19.6 Å². The van der Waals surface area contributed by atoms with E-state index in [1.165, 1.54) is 12.1 Å². The first-order valence-electron chi connectivity index (χ1n) is 9.36. The second kappa shape index (κ2) is 12.7. The van der Waals surface area contributed by atoms with Gasteiger partial charge in [0.25, 0.3) is 0 Å². The van der Waals surface area contributed by atoms with Gasteiger partial charge in [-0.2, -0.15) is 0 Å². The molecule has 0 saturated carbocycles. The van der Waals surface area contributed by atoms with Crippen LogP contribution in [0.1, 0.15) is 32.1 Å². The average Bonchev–Trinajstić information content (AvgIpc) is 2.69. The standard InChI is InChI=1S/C18H30N6O4S/c1-21-17(26)6-2-3-11-22-14-7-9-16(10-8-14)29(27,28)24-15(13-25)5-4-12-23-18(19)20/h7-10,13,15,22,24H,2-6,11-12H2,1H3,(H,21,26)(H4,19,20,23)/t15-/m1/s1. The van der Waals surface area contributed by atoms with Crippen molar-refractivity contribution in [3.05, 3.63) is 24.3 Å². The van der Waals surface area contributed by atoms with Gasteiger partial charge in [0.2, 0.25) is 15.9 Å². The Balaban J connectivity index is 2.51. The number of hydrogen-bond acceptors (Lipinski definition) is 6. The van der Waals surface area contributed by atoms with Crippen LogP contribution in [-0.4, -0.2) is 52.7 Å². The number of amides is 1. The number of guanidine groups is 1. The SMILES string of the molecule is CNC(=O)CCCCNc1ccc(S(=O)(=O)N[C@@H](C=O)CCCN=C(N)N)cc1. The maximum absolute atomic E-state index is 12.4. The molecule has 1 aromatic rings. The van der Waals surface area contributed by atoms with Gasteiger partial charge in [-0.15, -0.1) is 0 Å². The molecule has 0 radical (unpaired) electrons. The second-order valence-electron chi connectivity index (χ2n) is 6.39. The molecule has 11 heteroatoms. The van der Waals surface area contributed by atoms with E-state index >= 15 is 0 Å². The van der Waals surface area contributed by atoms with Crippen LogP contribution in [0, 0.1) is 0 Å². The number of nitrogens with two attached hydrogens (primary N) is 2. The van der Waals surface area contributed by atoms with E-state index in [0.29, 0.717) is 32.2 Å². The minimum Gasteiger partial charge on any atom is -0.385 e. The first-order valence-corrected chi connectivity index (χ1v) is 10.8. The number of hydrogen-bond donors (Lipinski definition) is 5. The Hall–Kier alpha value is -2.66. The van der Waals surface area contributed by atoms with E-state index in [1.807, 2.05) is 0 Å². The molecule has 1 aromatic carbocycles. The summed E-state index contributed by atoms with van der Waals surface area (Å²) < 4.78 is 27.3. The summed E-state index contributed by atoms with van der Waals surface area (Å²) in [6, 6.07) is 5.39. The molecule has 162 valence electrons. The maximum atomic E-state index is 12.4. The van der Waals surface area contributed by atoms with Crippen molar-refractivity contribution in [2.24, 2.45) is 16.5 Å². The zero-order valence-corrected chi connectivity index (χ0v) is 17.4. The quantitative estimate of drug-likeness (QED) is 0.120. The highest BCUT2D eigenvalue weighted by Gasteiger charge is 2.19. The molecule has 0 fully saturated rings. The van der Waals surface area contributed by atoms with Crippen molar-refractivity contribution in [3.63, 3.8) is 0 Å². The van der Waals surface area contributed by atoms with Crippen molar-refractivity contribution < 1.29 is 18.0 Å². The van der Waals surface area contributed by atoms with E-state index < -0.39 is 16.1 Å². The molecule has 0 aliphatic rings. The van der Waals surface area contributed by atoms with Gasteiger partial charge in [-0.05, 0) is 49.9 Å². The van der Waals surface area contributed by atoms with Gasteiger partial charge in [0.1, 0.15) is 6.29 Å². The third-order valence-electron chi connectivity index (χ3n) is 4.04. The number of nitrogens with zero attached hydrogens (tertiary/aromatic N) is 1. The number of benzene rings is 1. The van der Waals surface area contributed by atoms with Gasteiger partial charge in [-0.25, -0.2) is 13.1 Å². The van der Waals surface area contributed by atoms with Gasteiger partial charge >= 0.3 is 0 Å². The Morgan fingerprint density at radius 3 is 2.45 bits per heavy atom. The Morgan fingerprint density at radius 2 is 1.86 bits per heavy atom. The van der Waals surface area contributed by atoms with Crippen LogP contribution < -0.4 is 26.8 Å². The predicted octanol–water partition coefficient (Wildman–Crippen LogP) is -0.0858. The second-order valence-corrected chi connectivity index (χ2v) is 8.11. The van der Waals surface area contributed by atoms with Crippen LogP contribution in [0.15, 0.2) is 34.2 Å². The molecule has 29 heavy (non-hydrogen) atoms. The fourth-order valence-electron chi connectivity index (χ4n) is 2.46. The van der Waals surface area contributed by atoms with Crippen molar-refractivity contribution in [2.45, 2.75) is 43.0 Å². The summed E-state index contributed by atoms with van der Waals surface area (Å²) in [6.45, 7) is 0.988. The third-order valence-corrected chi connectivity index (χ3v) is 5.55. The van der Waals surface area contributed by atoms with Crippen LogP contribution in [0.4, 0.5) is 5.69 Å². The molecule has 1 atom stereocenters. The Kier molecular flexibility index (Phi) is 10.7. The molecule has 0 heterocycles. The van der Waals surface area contributed by atoms with Gasteiger partial charge < -0.3 is 26.9 Å². The largest absolute Gasteiger partial charge is 0.385 e. The van der Waals surface area contributed by atoms with E-state index in [4.69, 9.17) is 11.5 Å². The van der Waals surface area contributed by atoms with Crippen LogP contribution in [0.25, 0.3) is 0 Å². The van der Waals surface area contributed by atoms with Crippen molar-refractivity contribution in [3.8, 4) is 0 Å². The summed E-state index contributed by atoms with van der Waals surface area (Å²) in [5.41, 5.74) is 11.2. The normalized spacial score (nSPS) is 12.0. The lowest BCUT2D eigenvalue weighted by molar-refractivity contribution is -0.120. The Labute approximate surface area is 171 Å². The lowest BCUT2D eigenvalue weighted by Crippen LogP contribution is -2.36.